The molecule has 0 aromatic heterocycles. The Morgan fingerprint density at radius 2 is 2.05 bits per heavy atom. The summed E-state index contributed by atoms with van der Waals surface area (Å²) in [6, 6.07) is 13.1. The molecule has 1 heterocycles. The molecule has 0 spiro atoms. The fraction of sp³-hybridized carbons (Fsp3) is 0.250. The molecular weight excluding hydrogens is 274 g/mol. The van der Waals surface area contributed by atoms with Crippen LogP contribution >= 0.6 is 11.6 Å². The molecule has 2 aromatic carbocycles. The van der Waals surface area contributed by atoms with Gasteiger partial charge in [0, 0.05) is 17.1 Å². The lowest BCUT2D eigenvalue weighted by atomic mass is 9.84. The van der Waals surface area contributed by atoms with Gasteiger partial charge in [-0.1, -0.05) is 35.9 Å². The Morgan fingerprint density at radius 1 is 1.25 bits per heavy atom. The van der Waals surface area contributed by atoms with Gasteiger partial charge in [0.05, 0.1) is 0 Å². The lowest BCUT2D eigenvalue weighted by molar-refractivity contribution is 0.0815. The maximum absolute atomic E-state index is 11.3. The number of halogens is 1. The van der Waals surface area contributed by atoms with E-state index in [0.717, 1.165) is 11.1 Å². The van der Waals surface area contributed by atoms with E-state index in [2.05, 4.69) is 5.32 Å². The first-order valence-electron chi connectivity index (χ1n) is 6.53. The predicted molar refractivity (Wildman–Crippen MR) is 79.2 cm³/mol. The van der Waals surface area contributed by atoms with Gasteiger partial charge in [-0.3, -0.25) is 0 Å². The number of nitrogens with one attached hydrogen (secondary N) is 1. The second-order valence-corrected chi connectivity index (χ2v) is 5.41. The molecule has 0 aliphatic carbocycles. The Bertz CT molecular complexity index is 644. The van der Waals surface area contributed by atoms with Crippen LogP contribution in [-0.4, -0.2) is 18.7 Å². The minimum Gasteiger partial charge on any atom is -0.488 e. The van der Waals surface area contributed by atoms with E-state index in [0.29, 0.717) is 29.5 Å². The normalized spacial score (nSPS) is 20.6. The Morgan fingerprint density at radius 3 is 2.85 bits per heavy atom. The Labute approximate surface area is 123 Å². The number of rotatable bonds is 2. The van der Waals surface area contributed by atoms with Crippen molar-refractivity contribution in [2.45, 2.75) is 12.2 Å². The molecule has 2 aromatic rings. The molecule has 3 rings (SSSR count). The second kappa shape index (κ2) is 5.09. The molecule has 4 heteroatoms. The van der Waals surface area contributed by atoms with E-state index >= 15 is 0 Å². The van der Waals surface area contributed by atoms with Crippen molar-refractivity contribution in [3.05, 3.63) is 64.2 Å². The van der Waals surface area contributed by atoms with Crippen molar-refractivity contribution in [3.8, 4) is 5.75 Å². The lowest BCUT2D eigenvalue weighted by Crippen LogP contribution is -2.38. The molecule has 0 amide bonds. The molecule has 1 aliphatic heterocycles. The van der Waals surface area contributed by atoms with E-state index in [1.807, 2.05) is 37.4 Å². The number of aliphatic hydroxyl groups is 1. The minimum atomic E-state index is -1.15. The van der Waals surface area contributed by atoms with Gasteiger partial charge in [0.15, 0.2) is 0 Å². The van der Waals surface area contributed by atoms with Gasteiger partial charge in [-0.15, -0.1) is 0 Å². The van der Waals surface area contributed by atoms with Crippen LogP contribution in [0.1, 0.15) is 16.7 Å². The van der Waals surface area contributed by atoms with Crippen LogP contribution in [0.25, 0.3) is 0 Å². The molecule has 0 saturated carbocycles. The first-order chi connectivity index (χ1) is 9.65. The van der Waals surface area contributed by atoms with Crippen LogP contribution in [0.15, 0.2) is 42.5 Å². The molecule has 0 fully saturated rings. The highest BCUT2D eigenvalue weighted by Crippen LogP contribution is 2.41. The molecule has 1 aliphatic rings. The van der Waals surface area contributed by atoms with Gasteiger partial charge in [-0.25, -0.2) is 0 Å². The largest absolute Gasteiger partial charge is 0.488 e. The van der Waals surface area contributed by atoms with Crippen molar-refractivity contribution < 1.29 is 9.84 Å². The van der Waals surface area contributed by atoms with Crippen LogP contribution in [0.5, 0.6) is 5.75 Å². The van der Waals surface area contributed by atoms with Gasteiger partial charge in [0.2, 0.25) is 0 Å². The van der Waals surface area contributed by atoms with Crippen LogP contribution in [0.2, 0.25) is 5.02 Å². The molecule has 104 valence electrons. The molecule has 0 bridgehead atoms. The van der Waals surface area contributed by atoms with Gasteiger partial charge >= 0.3 is 0 Å². The van der Waals surface area contributed by atoms with Crippen molar-refractivity contribution >= 4 is 11.6 Å². The predicted octanol–water partition coefficient (Wildman–Crippen LogP) is 2.69. The quantitative estimate of drug-likeness (QED) is 0.893. The van der Waals surface area contributed by atoms with Gasteiger partial charge in [0.1, 0.15) is 18.0 Å². The van der Waals surface area contributed by atoms with Crippen molar-refractivity contribution in [1.29, 1.82) is 0 Å². The summed E-state index contributed by atoms with van der Waals surface area (Å²) < 4.78 is 5.83. The molecule has 1 atom stereocenters. The monoisotopic (exact) mass is 289 g/mol. The van der Waals surface area contributed by atoms with Crippen molar-refractivity contribution in [3.63, 3.8) is 0 Å². The Balaban J connectivity index is 2.27. The molecule has 20 heavy (non-hydrogen) atoms. The molecule has 1 unspecified atom stereocenters. The highest BCUT2D eigenvalue weighted by Gasteiger charge is 2.37. The van der Waals surface area contributed by atoms with Gasteiger partial charge in [0.25, 0.3) is 0 Å². The summed E-state index contributed by atoms with van der Waals surface area (Å²) in [5.41, 5.74) is 1.39. The third-order valence-corrected chi connectivity index (χ3v) is 3.90. The summed E-state index contributed by atoms with van der Waals surface area (Å²) in [6.45, 7) is 0.831. The van der Waals surface area contributed by atoms with E-state index in [-0.39, 0.29) is 0 Å². The van der Waals surface area contributed by atoms with E-state index in [1.54, 1.807) is 12.1 Å². The standard InChI is InChI=1S/C16H16ClNO2/c1-18-10-16(19)13-5-3-2-4-11(13)9-20-15-7-6-12(17)8-14(15)16/h2-8,18-19H,9-10H2,1H3. The summed E-state index contributed by atoms with van der Waals surface area (Å²) in [7, 11) is 1.82. The minimum absolute atomic E-state index is 0.390. The number of likely N-dealkylation sites (N-methyl/N-ethyl adjacent to an activating group) is 1. The number of hydrogen-bond acceptors (Lipinski definition) is 3. The van der Waals surface area contributed by atoms with Gasteiger partial charge < -0.3 is 15.2 Å². The second-order valence-electron chi connectivity index (χ2n) is 4.98. The summed E-state index contributed by atoms with van der Waals surface area (Å²) >= 11 is 6.10. The van der Waals surface area contributed by atoms with Gasteiger partial charge in [-0.2, -0.15) is 0 Å². The van der Waals surface area contributed by atoms with Crippen molar-refractivity contribution in [2.75, 3.05) is 13.6 Å². The average Bonchev–Trinajstić information content (AvgIpc) is 2.57. The van der Waals surface area contributed by atoms with Crippen molar-refractivity contribution in [2.24, 2.45) is 0 Å². The fourth-order valence-corrected chi connectivity index (χ4v) is 2.92. The third-order valence-electron chi connectivity index (χ3n) is 3.67. The summed E-state index contributed by atoms with van der Waals surface area (Å²) in [4.78, 5) is 0. The van der Waals surface area contributed by atoms with E-state index in [1.165, 1.54) is 0 Å². The molecule has 0 saturated heterocycles. The van der Waals surface area contributed by atoms with E-state index in [4.69, 9.17) is 16.3 Å². The number of benzene rings is 2. The highest BCUT2D eigenvalue weighted by molar-refractivity contribution is 6.30. The SMILES string of the molecule is CNCC1(O)c2ccccc2COc2ccc(Cl)cc21. The average molecular weight is 290 g/mol. The third kappa shape index (κ3) is 2.08. The number of ether oxygens (including phenoxy) is 1. The van der Waals surface area contributed by atoms with Crippen LogP contribution in [0.4, 0.5) is 0 Å². The number of hydrogen-bond donors (Lipinski definition) is 2. The maximum atomic E-state index is 11.3. The zero-order valence-corrected chi connectivity index (χ0v) is 11.9. The highest BCUT2D eigenvalue weighted by atomic mass is 35.5. The van der Waals surface area contributed by atoms with Crippen LogP contribution < -0.4 is 10.1 Å². The smallest absolute Gasteiger partial charge is 0.131 e. The van der Waals surface area contributed by atoms with Crippen LogP contribution in [-0.2, 0) is 12.2 Å². The lowest BCUT2D eigenvalue weighted by Gasteiger charge is -2.29. The summed E-state index contributed by atoms with van der Waals surface area (Å²) in [5.74, 6) is 0.670. The first-order valence-corrected chi connectivity index (χ1v) is 6.91. The van der Waals surface area contributed by atoms with E-state index < -0.39 is 5.60 Å². The summed E-state index contributed by atoms with van der Waals surface area (Å²) in [5, 5.41) is 14.9. The van der Waals surface area contributed by atoms with E-state index in [9.17, 15) is 5.11 Å². The zero-order chi connectivity index (χ0) is 14.2. The fourth-order valence-electron chi connectivity index (χ4n) is 2.75. The summed E-state index contributed by atoms with van der Waals surface area (Å²) in [6.07, 6.45) is 0. The van der Waals surface area contributed by atoms with Crippen molar-refractivity contribution in [1.82, 2.24) is 5.32 Å². The molecular formula is C16H16ClNO2. The van der Waals surface area contributed by atoms with Crippen LogP contribution in [0.3, 0.4) is 0 Å². The molecule has 2 N–H and O–H groups in total. The van der Waals surface area contributed by atoms with Crippen LogP contribution in [0, 0.1) is 0 Å². The Hall–Kier alpha value is -1.55. The Kier molecular flexibility index (Phi) is 3.42. The topological polar surface area (TPSA) is 41.5 Å². The number of fused-ring (bicyclic) bond motifs is 2. The molecule has 0 radical (unpaired) electrons. The molecule has 3 nitrogen and oxygen atoms in total. The zero-order valence-electron chi connectivity index (χ0n) is 11.2. The maximum Gasteiger partial charge on any atom is 0.131 e. The van der Waals surface area contributed by atoms with Gasteiger partial charge in [-0.05, 0) is 36.4 Å². The first kappa shape index (κ1) is 13.4.